The number of hydrogen-bond acceptors (Lipinski definition) is 4. The molecule has 168 valence electrons. The van der Waals surface area contributed by atoms with E-state index >= 15 is 0 Å². The van der Waals surface area contributed by atoms with E-state index in [4.69, 9.17) is 4.99 Å². The zero-order valence-corrected chi connectivity index (χ0v) is 19.6. The maximum absolute atomic E-state index is 11.3. The van der Waals surface area contributed by atoms with E-state index in [1.165, 1.54) is 56.5 Å². The van der Waals surface area contributed by atoms with Crippen LogP contribution in [0.5, 0.6) is 0 Å². The van der Waals surface area contributed by atoms with Gasteiger partial charge in [-0.1, -0.05) is 62.6 Å². The van der Waals surface area contributed by atoms with E-state index in [0.717, 1.165) is 34.6 Å². The van der Waals surface area contributed by atoms with Gasteiger partial charge in [0.1, 0.15) is 0 Å². The lowest BCUT2D eigenvalue weighted by Gasteiger charge is -2.40. The Labute approximate surface area is 194 Å². The third-order valence-electron chi connectivity index (χ3n) is 7.50. The summed E-state index contributed by atoms with van der Waals surface area (Å²) >= 11 is 1.94. The van der Waals surface area contributed by atoms with Crippen molar-refractivity contribution in [2.24, 2.45) is 4.99 Å². The monoisotopic (exact) mass is 449 g/mol. The zero-order chi connectivity index (χ0) is 22.1. The van der Waals surface area contributed by atoms with Crippen molar-refractivity contribution < 1.29 is 4.92 Å². The minimum absolute atomic E-state index is 0.149. The van der Waals surface area contributed by atoms with Gasteiger partial charge in [0.25, 0.3) is 5.69 Å². The van der Waals surface area contributed by atoms with E-state index in [2.05, 4.69) is 24.0 Å². The SMILES string of the molecule is CCc1cc([N+](=O)[O-])ccc1-c1ccccc1N=C1SCC2(CCCC2)N1C1CCCC1. The van der Waals surface area contributed by atoms with Gasteiger partial charge in [0.05, 0.1) is 16.1 Å². The van der Waals surface area contributed by atoms with Gasteiger partial charge in [-0.3, -0.25) is 10.1 Å². The van der Waals surface area contributed by atoms with E-state index in [9.17, 15) is 10.1 Å². The van der Waals surface area contributed by atoms with Crippen LogP contribution in [0.3, 0.4) is 0 Å². The molecular weight excluding hydrogens is 418 g/mol. The van der Waals surface area contributed by atoms with E-state index in [-0.39, 0.29) is 10.6 Å². The first-order valence-corrected chi connectivity index (χ1v) is 13.0. The van der Waals surface area contributed by atoms with Crippen molar-refractivity contribution in [3.8, 4) is 11.1 Å². The van der Waals surface area contributed by atoms with E-state index in [1.807, 2.05) is 30.0 Å². The fourth-order valence-electron chi connectivity index (χ4n) is 5.90. The molecule has 1 heterocycles. The maximum atomic E-state index is 11.3. The lowest BCUT2D eigenvalue weighted by atomic mass is 9.95. The molecule has 2 aromatic rings. The summed E-state index contributed by atoms with van der Waals surface area (Å²) in [7, 11) is 0. The van der Waals surface area contributed by atoms with Gasteiger partial charge in [0.15, 0.2) is 5.17 Å². The first kappa shape index (κ1) is 21.5. The van der Waals surface area contributed by atoms with Crippen LogP contribution in [0.2, 0.25) is 0 Å². The Morgan fingerprint density at radius 3 is 2.56 bits per heavy atom. The van der Waals surface area contributed by atoms with Crippen molar-refractivity contribution >= 4 is 28.3 Å². The molecule has 2 saturated carbocycles. The molecule has 6 heteroatoms. The Morgan fingerprint density at radius 1 is 1.09 bits per heavy atom. The Hall–Kier alpha value is -2.34. The number of thioether (sulfide) groups is 1. The highest BCUT2D eigenvalue weighted by Crippen LogP contribution is 2.49. The molecule has 5 nitrogen and oxygen atoms in total. The molecule has 0 amide bonds. The second-order valence-corrected chi connectivity index (χ2v) is 10.3. The fourth-order valence-corrected chi connectivity index (χ4v) is 7.37. The maximum Gasteiger partial charge on any atom is 0.269 e. The summed E-state index contributed by atoms with van der Waals surface area (Å²) in [4.78, 5) is 19.0. The summed E-state index contributed by atoms with van der Waals surface area (Å²) < 4.78 is 0. The Bertz CT molecular complexity index is 1040. The zero-order valence-electron chi connectivity index (χ0n) is 18.8. The van der Waals surface area contributed by atoms with Crippen LogP contribution in [0.25, 0.3) is 11.1 Å². The van der Waals surface area contributed by atoms with Gasteiger partial charge < -0.3 is 4.90 Å². The summed E-state index contributed by atoms with van der Waals surface area (Å²) in [6.45, 7) is 2.05. The molecular formula is C26H31N3O2S. The van der Waals surface area contributed by atoms with E-state index < -0.39 is 0 Å². The number of nitro groups is 1. The molecule has 5 rings (SSSR count). The van der Waals surface area contributed by atoms with Crippen LogP contribution in [-0.4, -0.2) is 32.3 Å². The average molecular weight is 450 g/mol. The molecule has 0 aromatic heterocycles. The molecule has 2 aromatic carbocycles. The molecule has 1 saturated heterocycles. The Balaban J connectivity index is 1.56. The molecule has 0 N–H and O–H groups in total. The summed E-state index contributed by atoms with van der Waals surface area (Å²) in [5.74, 6) is 1.16. The van der Waals surface area contributed by atoms with Gasteiger partial charge in [-0.25, -0.2) is 4.99 Å². The highest BCUT2D eigenvalue weighted by Gasteiger charge is 2.49. The number of nitro benzene ring substituents is 1. The van der Waals surface area contributed by atoms with Crippen LogP contribution in [0.4, 0.5) is 11.4 Å². The van der Waals surface area contributed by atoms with Crippen molar-refractivity contribution in [3.05, 3.63) is 58.1 Å². The first-order valence-electron chi connectivity index (χ1n) is 12.0. The third-order valence-corrected chi connectivity index (χ3v) is 8.73. The number of nitrogens with zero attached hydrogens (tertiary/aromatic N) is 3. The van der Waals surface area contributed by atoms with E-state index in [1.54, 1.807) is 12.1 Å². The number of aryl methyl sites for hydroxylation is 1. The normalized spacial score (nSPS) is 21.8. The Morgan fingerprint density at radius 2 is 1.84 bits per heavy atom. The third kappa shape index (κ3) is 3.83. The molecule has 3 fully saturated rings. The van der Waals surface area contributed by atoms with Crippen LogP contribution in [-0.2, 0) is 6.42 Å². The number of non-ortho nitro benzene ring substituents is 1. The predicted molar refractivity (Wildman–Crippen MR) is 133 cm³/mol. The number of rotatable bonds is 5. The summed E-state index contributed by atoms with van der Waals surface area (Å²) in [6.07, 6.45) is 11.2. The minimum Gasteiger partial charge on any atom is -0.342 e. The van der Waals surface area contributed by atoms with Crippen LogP contribution in [0, 0.1) is 10.1 Å². The van der Waals surface area contributed by atoms with Crippen molar-refractivity contribution in [1.29, 1.82) is 0 Å². The van der Waals surface area contributed by atoms with Crippen LogP contribution >= 0.6 is 11.8 Å². The average Bonchev–Trinajstić information content (AvgIpc) is 3.57. The number of benzene rings is 2. The Kier molecular flexibility index (Phi) is 5.97. The topological polar surface area (TPSA) is 58.7 Å². The molecule has 0 radical (unpaired) electrons. The standard InChI is InChI=1S/C26H31N3O2S/c1-2-19-17-21(29(30)31)13-14-22(19)23-11-5-6-12-24(23)27-25-28(20-9-3-4-10-20)26(18-32-25)15-7-8-16-26/h5-6,11-14,17,20H,2-4,7-10,15-16,18H2,1H3. The molecule has 0 atom stereocenters. The number of amidine groups is 1. The highest BCUT2D eigenvalue weighted by atomic mass is 32.2. The molecule has 0 unspecified atom stereocenters. The minimum atomic E-state index is -0.315. The smallest absolute Gasteiger partial charge is 0.269 e. The predicted octanol–water partition coefficient (Wildman–Crippen LogP) is 7.12. The van der Waals surface area contributed by atoms with Crippen molar-refractivity contribution in [2.75, 3.05) is 5.75 Å². The van der Waals surface area contributed by atoms with Crippen molar-refractivity contribution in [3.63, 3.8) is 0 Å². The second kappa shape index (κ2) is 8.89. The number of para-hydroxylation sites is 1. The van der Waals surface area contributed by atoms with Crippen LogP contribution in [0.15, 0.2) is 47.5 Å². The first-order chi connectivity index (χ1) is 15.6. The number of hydrogen-bond donors (Lipinski definition) is 0. The quantitative estimate of drug-likeness (QED) is 0.360. The second-order valence-electron chi connectivity index (χ2n) is 9.39. The molecule has 2 aliphatic carbocycles. The van der Waals surface area contributed by atoms with Gasteiger partial charge in [0, 0.05) is 29.5 Å². The highest BCUT2D eigenvalue weighted by molar-refractivity contribution is 8.14. The summed E-state index contributed by atoms with van der Waals surface area (Å²) in [6, 6.07) is 14.1. The lowest BCUT2D eigenvalue weighted by molar-refractivity contribution is -0.384. The number of aliphatic imine (C=N–C) groups is 1. The largest absolute Gasteiger partial charge is 0.342 e. The van der Waals surface area contributed by atoms with Gasteiger partial charge in [-0.05, 0) is 55.4 Å². The molecule has 3 aliphatic rings. The van der Waals surface area contributed by atoms with Crippen molar-refractivity contribution in [2.45, 2.75) is 76.3 Å². The molecule has 1 aliphatic heterocycles. The van der Waals surface area contributed by atoms with Gasteiger partial charge >= 0.3 is 0 Å². The van der Waals surface area contributed by atoms with Gasteiger partial charge in [0.2, 0.25) is 0 Å². The van der Waals surface area contributed by atoms with Crippen LogP contribution in [0.1, 0.15) is 63.9 Å². The summed E-state index contributed by atoms with van der Waals surface area (Å²) in [5.41, 5.74) is 4.52. The van der Waals surface area contributed by atoms with Crippen molar-refractivity contribution in [1.82, 2.24) is 4.90 Å². The van der Waals surface area contributed by atoms with Crippen LogP contribution < -0.4 is 0 Å². The van der Waals surface area contributed by atoms with E-state index in [0.29, 0.717) is 11.6 Å². The molecule has 0 bridgehead atoms. The molecule has 32 heavy (non-hydrogen) atoms. The molecule has 1 spiro atoms. The van der Waals surface area contributed by atoms with Gasteiger partial charge in [-0.2, -0.15) is 0 Å². The summed E-state index contributed by atoms with van der Waals surface area (Å²) in [5, 5.41) is 12.5. The fraction of sp³-hybridized carbons (Fsp3) is 0.500. The van der Waals surface area contributed by atoms with Gasteiger partial charge in [-0.15, -0.1) is 0 Å². The lowest BCUT2D eigenvalue weighted by Crippen LogP contribution is -2.50.